The SMILES string of the molecule is N#Cc1c(Cl)cccc1OC[C@H](O)CN1CCC(F)(F)[C@H]1Cc1ccccc1. The fourth-order valence-electron chi connectivity index (χ4n) is 3.46. The zero-order chi connectivity index (χ0) is 20.1. The predicted molar refractivity (Wildman–Crippen MR) is 103 cm³/mol. The largest absolute Gasteiger partial charge is 0.489 e. The Hall–Kier alpha value is -2.20. The second-order valence-electron chi connectivity index (χ2n) is 6.90. The third kappa shape index (κ3) is 4.79. The minimum absolute atomic E-state index is 0.0650. The summed E-state index contributed by atoms with van der Waals surface area (Å²) in [5.41, 5.74) is 1.02. The van der Waals surface area contributed by atoms with E-state index in [1.165, 1.54) is 0 Å². The molecule has 0 aliphatic carbocycles. The van der Waals surface area contributed by atoms with Crippen molar-refractivity contribution < 1.29 is 18.6 Å². The molecule has 0 spiro atoms. The Bertz CT molecular complexity index is 842. The van der Waals surface area contributed by atoms with Gasteiger partial charge >= 0.3 is 0 Å². The average Bonchev–Trinajstić information content (AvgIpc) is 2.95. The molecule has 1 saturated heterocycles. The van der Waals surface area contributed by atoms with Gasteiger partial charge in [-0.3, -0.25) is 4.90 Å². The first kappa shape index (κ1) is 20.5. The number of aliphatic hydroxyl groups excluding tert-OH is 1. The van der Waals surface area contributed by atoms with Crippen molar-refractivity contribution in [1.82, 2.24) is 4.90 Å². The molecule has 1 fully saturated rings. The van der Waals surface area contributed by atoms with Crippen LogP contribution >= 0.6 is 11.6 Å². The van der Waals surface area contributed by atoms with Gasteiger partial charge in [0.2, 0.25) is 0 Å². The van der Waals surface area contributed by atoms with Crippen LogP contribution in [0.1, 0.15) is 17.5 Å². The van der Waals surface area contributed by atoms with Gasteiger partial charge in [-0.05, 0) is 24.1 Å². The van der Waals surface area contributed by atoms with Gasteiger partial charge in [0.15, 0.2) is 0 Å². The standard InChI is InChI=1S/C21H21ClF2N2O2/c22-18-7-4-8-19(17(18)12-25)28-14-16(27)13-26-10-9-21(23,24)20(26)11-15-5-2-1-3-6-15/h1-8,16,20,27H,9-11,13-14H2/t16-,20-/m1/s1. The van der Waals surface area contributed by atoms with Gasteiger partial charge in [-0.2, -0.15) is 5.26 Å². The minimum atomic E-state index is -2.81. The number of halogens is 3. The summed E-state index contributed by atoms with van der Waals surface area (Å²) >= 11 is 5.95. The summed E-state index contributed by atoms with van der Waals surface area (Å²) in [4.78, 5) is 1.62. The third-order valence-electron chi connectivity index (χ3n) is 4.90. The first-order chi connectivity index (χ1) is 13.4. The maximum absolute atomic E-state index is 14.4. The maximum atomic E-state index is 14.4. The predicted octanol–water partition coefficient (Wildman–Crippen LogP) is 3.90. The fourth-order valence-corrected chi connectivity index (χ4v) is 3.67. The lowest BCUT2D eigenvalue weighted by molar-refractivity contribution is -0.0407. The van der Waals surface area contributed by atoms with Crippen molar-refractivity contribution in [2.75, 3.05) is 19.7 Å². The highest BCUT2D eigenvalue weighted by Crippen LogP contribution is 2.36. The van der Waals surface area contributed by atoms with E-state index < -0.39 is 18.1 Å². The average molecular weight is 407 g/mol. The monoisotopic (exact) mass is 406 g/mol. The van der Waals surface area contributed by atoms with Crippen LogP contribution in [-0.2, 0) is 6.42 Å². The van der Waals surface area contributed by atoms with Crippen LogP contribution in [0.15, 0.2) is 48.5 Å². The van der Waals surface area contributed by atoms with E-state index in [0.717, 1.165) is 5.56 Å². The molecule has 1 N–H and O–H groups in total. The molecule has 1 heterocycles. The van der Waals surface area contributed by atoms with Gasteiger partial charge in [-0.15, -0.1) is 0 Å². The highest BCUT2D eigenvalue weighted by atomic mass is 35.5. The maximum Gasteiger partial charge on any atom is 0.264 e. The Morgan fingerprint density at radius 2 is 2.00 bits per heavy atom. The highest BCUT2D eigenvalue weighted by molar-refractivity contribution is 6.31. The molecule has 2 aromatic rings. The Balaban J connectivity index is 1.62. The molecule has 0 saturated carbocycles. The molecule has 0 aromatic heterocycles. The lowest BCUT2D eigenvalue weighted by Gasteiger charge is -2.29. The van der Waals surface area contributed by atoms with E-state index in [2.05, 4.69) is 0 Å². The zero-order valence-electron chi connectivity index (χ0n) is 15.2. The van der Waals surface area contributed by atoms with Gasteiger partial charge in [-0.25, -0.2) is 8.78 Å². The molecule has 4 nitrogen and oxygen atoms in total. The number of nitriles is 1. The number of likely N-dealkylation sites (tertiary alicyclic amines) is 1. The van der Waals surface area contributed by atoms with Crippen LogP contribution in [0.3, 0.4) is 0 Å². The van der Waals surface area contributed by atoms with Crippen molar-refractivity contribution in [3.8, 4) is 11.8 Å². The molecule has 3 rings (SSSR count). The smallest absolute Gasteiger partial charge is 0.264 e. The van der Waals surface area contributed by atoms with E-state index in [1.54, 1.807) is 23.1 Å². The van der Waals surface area contributed by atoms with E-state index in [-0.39, 0.29) is 48.9 Å². The topological polar surface area (TPSA) is 56.5 Å². The normalized spacial score (nSPS) is 19.9. The molecular formula is C21H21ClF2N2O2. The van der Waals surface area contributed by atoms with Gasteiger partial charge in [0, 0.05) is 19.5 Å². The highest BCUT2D eigenvalue weighted by Gasteiger charge is 2.48. The van der Waals surface area contributed by atoms with Crippen LogP contribution in [0.25, 0.3) is 0 Å². The number of aliphatic hydroxyl groups is 1. The van der Waals surface area contributed by atoms with Gasteiger partial charge in [-0.1, -0.05) is 48.0 Å². The number of alkyl halides is 2. The molecule has 28 heavy (non-hydrogen) atoms. The van der Waals surface area contributed by atoms with Crippen LogP contribution in [0.2, 0.25) is 5.02 Å². The van der Waals surface area contributed by atoms with Gasteiger partial charge < -0.3 is 9.84 Å². The lowest BCUT2D eigenvalue weighted by Crippen LogP contribution is -2.45. The Morgan fingerprint density at radius 1 is 1.25 bits per heavy atom. The van der Waals surface area contributed by atoms with Crippen molar-refractivity contribution in [2.24, 2.45) is 0 Å². The minimum Gasteiger partial charge on any atom is -0.489 e. The van der Waals surface area contributed by atoms with Crippen molar-refractivity contribution in [2.45, 2.75) is 30.9 Å². The van der Waals surface area contributed by atoms with Crippen LogP contribution < -0.4 is 4.74 Å². The molecule has 7 heteroatoms. The molecule has 2 atom stereocenters. The lowest BCUT2D eigenvalue weighted by atomic mass is 10.0. The molecular weight excluding hydrogens is 386 g/mol. The molecule has 148 valence electrons. The van der Waals surface area contributed by atoms with E-state index in [1.807, 2.05) is 36.4 Å². The Labute approximate surface area is 167 Å². The summed E-state index contributed by atoms with van der Waals surface area (Å²) < 4.78 is 34.3. The number of β-amino-alcohol motifs (C(OH)–C–C–N with tert-alkyl or cyclic N) is 1. The van der Waals surface area contributed by atoms with Gasteiger partial charge in [0.1, 0.15) is 30.1 Å². The quantitative estimate of drug-likeness (QED) is 0.757. The van der Waals surface area contributed by atoms with Crippen molar-refractivity contribution >= 4 is 11.6 Å². The number of hydrogen-bond acceptors (Lipinski definition) is 4. The summed E-state index contributed by atoms with van der Waals surface area (Å²) in [5.74, 6) is -2.54. The van der Waals surface area contributed by atoms with Crippen LogP contribution in [0.5, 0.6) is 5.75 Å². The van der Waals surface area contributed by atoms with E-state index in [0.29, 0.717) is 0 Å². The van der Waals surface area contributed by atoms with E-state index in [9.17, 15) is 13.9 Å². The number of nitrogens with zero attached hydrogens (tertiary/aromatic N) is 2. The summed E-state index contributed by atoms with van der Waals surface area (Å²) in [6.07, 6.45) is -0.989. The molecule has 2 aromatic carbocycles. The van der Waals surface area contributed by atoms with Gasteiger partial charge in [0.05, 0.1) is 11.1 Å². The first-order valence-corrected chi connectivity index (χ1v) is 9.44. The Kier molecular flexibility index (Phi) is 6.50. The van der Waals surface area contributed by atoms with E-state index >= 15 is 0 Å². The van der Waals surface area contributed by atoms with Crippen molar-refractivity contribution in [1.29, 1.82) is 5.26 Å². The summed E-state index contributed by atoms with van der Waals surface area (Å²) in [6.45, 7) is 0.160. The second kappa shape index (κ2) is 8.87. The third-order valence-corrected chi connectivity index (χ3v) is 5.21. The fraction of sp³-hybridized carbons (Fsp3) is 0.381. The summed E-state index contributed by atoms with van der Waals surface area (Å²) in [6, 6.07) is 14.9. The zero-order valence-corrected chi connectivity index (χ0v) is 15.9. The molecule has 1 aliphatic heterocycles. The number of hydrogen-bond donors (Lipinski definition) is 1. The second-order valence-corrected chi connectivity index (χ2v) is 7.31. The van der Waals surface area contributed by atoms with E-state index in [4.69, 9.17) is 21.6 Å². The number of rotatable bonds is 7. The molecule has 1 aliphatic rings. The van der Waals surface area contributed by atoms with Gasteiger partial charge in [0.25, 0.3) is 5.92 Å². The van der Waals surface area contributed by atoms with Crippen molar-refractivity contribution in [3.63, 3.8) is 0 Å². The summed E-state index contributed by atoms with van der Waals surface area (Å²) in [7, 11) is 0. The number of benzene rings is 2. The van der Waals surface area contributed by atoms with Crippen LogP contribution in [0.4, 0.5) is 8.78 Å². The van der Waals surface area contributed by atoms with Crippen LogP contribution in [-0.4, -0.2) is 47.8 Å². The molecule has 0 amide bonds. The first-order valence-electron chi connectivity index (χ1n) is 9.06. The Morgan fingerprint density at radius 3 is 2.71 bits per heavy atom. The number of ether oxygens (including phenoxy) is 1. The molecule has 0 bridgehead atoms. The summed E-state index contributed by atoms with van der Waals surface area (Å²) in [5, 5.41) is 19.7. The van der Waals surface area contributed by atoms with Crippen LogP contribution in [0, 0.1) is 11.3 Å². The molecule has 0 unspecified atom stereocenters. The van der Waals surface area contributed by atoms with Crippen molar-refractivity contribution in [3.05, 3.63) is 64.7 Å². The molecule has 0 radical (unpaired) electrons.